The monoisotopic (exact) mass is 233 g/mol. The van der Waals surface area contributed by atoms with Crippen LogP contribution in [0.4, 0.5) is 0 Å². The van der Waals surface area contributed by atoms with Crippen molar-refractivity contribution in [1.29, 1.82) is 5.26 Å². The molecule has 0 aliphatic heterocycles. The van der Waals surface area contributed by atoms with E-state index in [1.165, 1.54) is 29.4 Å². The first kappa shape index (κ1) is 11.0. The van der Waals surface area contributed by atoms with Crippen LogP contribution in [0.3, 0.4) is 0 Å². The van der Waals surface area contributed by atoms with Crippen molar-refractivity contribution in [3.63, 3.8) is 0 Å². The van der Waals surface area contributed by atoms with Crippen molar-refractivity contribution in [1.82, 2.24) is 0 Å². The predicted octanol–water partition coefficient (Wildman–Crippen LogP) is 4.52. The Bertz CT molecular complexity index is 674. The van der Waals surface area contributed by atoms with Gasteiger partial charge in [0.2, 0.25) is 0 Å². The largest absolute Gasteiger partial charge is 0.192 e. The van der Waals surface area contributed by atoms with Gasteiger partial charge in [-0.3, -0.25) is 0 Å². The number of rotatable bonds is 1. The number of hydrogen-bond donors (Lipinski definition) is 0. The molecule has 1 heteroatoms. The van der Waals surface area contributed by atoms with Crippen LogP contribution in [-0.4, -0.2) is 0 Å². The van der Waals surface area contributed by atoms with Crippen molar-refractivity contribution in [3.8, 4) is 6.07 Å². The minimum Gasteiger partial charge on any atom is -0.192 e. The maximum atomic E-state index is 9.18. The molecule has 0 N–H and O–H groups in total. The van der Waals surface area contributed by atoms with Gasteiger partial charge in [-0.25, -0.2) is 0 Å². The third-order valence-electron chi connectivity index (χ3n) is 3.85. The zero-order valence-electron chi connectivity index (χ0n) is 10.5. The summed E-state index contributed by atoms with van der Waals surface area (Å²) in [5.74, 6) is 0.626. The van der Waals surface area contributed by atoms with Gasteiger partial charge in [-0.2, -0.15) is 5.26 Å². The summed E-state index contributed by atoms with van der Waals surface area (Å²) in [6.07, 6.45) is 4.76. The molecule has 1 aliphatic rings. The Kier molecular flexibility index (Phi) is 2.64. The van der Waals surface area contributed by atoms with Crippen molar-refractivity contribution in [3.05, 3.63) is 53.6 Å². The van der Waals surface area contributed by atoms with Crippen LogP contribution in [0.25, 0.3) is 16.3 Å². The van der Waals surface area contributed by atoms with Crippen LogP contribution in [-0.2, 0) is 0 Å². The molecule has 0 radical (unpaired) electrons. The van der Waals surface area contributed by atoms with Gasteiger partial charge in [0.05, 0.1) is 11.6 Å². The molecular weight excluding hydrogens is 218 g/mol. The minimum atomic E-state index is 0.626. The SMILES string of the molecule is CC1CCC=C1c1ccc(C#N)c2ccccc12. The van der Waals surface area contributed by atoms with Gasteiger partial charge in [-0.05, 0) is 41.3 Å². The number of nitrogens with zero attached hydrogens (tertiary/aromatic N) is 1. The third-order valence-corrected chi connectivity index (χ3v) is 3.85. The first-order valence-electron chi connectivity index (χ1n) is 6.43. The summed E-state index contributed by atoms with van der Waals surface area (Å²) in [7, 11) is 0. The molecule has 3 rings (SSSR count). The van der Waals surface area contributed by atoms with Gasteiger partial charge < -0.3 is 0 Å². The lowest BCUT2D eigenvalue weighted by Crippen LogP contribution is -1.94. The van der Waals surface area contributed by atoms with E-state index in [0.717, 1.165) is 10.9 Å². The highest BCUT2D eigenvalue weighted by Crippen LogP contribution is 2.37. The van der Waals surface area contributed by atoms with Gasteiger partial charge in [0.15, 0.2) is 0 Å². The molecule has 0 heterocycles. The summed E-state index contributed by atoms with van der Waals surface area (Å²) in [5.41, 5.74) is 3.51. The Morgan fingerprint density at radius 3 is 2.56 bits per heavy atom. The highest BCUT2D eigenvalue weighted by atomic mass is 14.3. The molecule has 1 unspecified atom stereocenters. The number of benzene rings is 2. The quantitative estimate of drug-likeness (QED) is 0.710. The lowest BCUT2D eigenvalue weighted by molar-refractivity contribution is 0.715. The predicted molar refractivity (Wildman–Crippen MR) is 75.0 cm³/mol. The second kappa shape index (κ2) is 4.31. The van der Waals surface area contributed by atoms with E-state index in [1.807, 2.05) is 24.3 Å². The van der Waals surface area contributed by atoms with E-state index < -0.39 is 0 Å². The maximum absolute atomic E-state index is 9.18. The molecule has 0 saturated heterocycles. The standard InChI is InChI=1S/C17H15N/c1-12-5-4-8-14(12)17-10-9-13(11-18)15-6-2-3-7-16(15)17/h2-3,6-10,12H,4-5H2,1H3. The van der Waals surface area contributed by atoms with Gasteiger partial charge in [0, 0.05) is 5.39 Å². The smallest absolute Gasteiger partial charge is 0.0998 e. The van der Waals surface area contributed by atoms with Crippen LogP contribution in [0.1, 0.15) is 30.9 Å². The van der Waals surface area contributed by atoms with Gasteiger partial charge in [0.1, 0.15) is 0 Å². The van der Waals surface area contributed by atoms with Crippen molar-refractivity contribution >= 4 is 16.3 Å². The Balaban J connectivity index is 2.29. The first-order chi connectivity index (χ1) is 8.81. The van der Waals surface area contributed by atoms with Crippen LogP contribution >= 0.6 is 0 Å². The van der Waals surface area contributed by atoms with Crippen molar-refractivity contribution in [2.75, 3.05) is 0 Å². The Morgan fingerprint density at radius 2 is 1.89 bits per heavy atom. The molecule has 1 aliphatic carbocycles. The Labute approximate surface area is 107 Å². The van der Waals surface area contributed by atoms with E-state index in [-0.39, 0.29) is 0 Å². The molecule has 0 aromatic heterocycles. The van der Waals surface area contributed by atoms with Gasteiger partial charge >= 0.3 is 0 Å². The maximum Gasteiger partial charge on any atom is 0.0998 e. The summed E-state index contributed by atoms with van der Waals surface area (Å²) >= 11 is 0. The van der Waals surface area contributed by atoms with E-state index in [4.69, 9.17) is 0 Å². The van der Waals surface area contributed by atoms with Gasteiger partial charge in [-0.15, -0.1) is 0 Å². The molecule has 0 spiro atoms. The molecule has 1 atom stereocenters. The molecular formula is C17H15N. The normalized spacial score (nSPS) is 18.7. The Morgan fingerprint density at radius 1 is 1.11 bits per heavy atom. The number of nitriles is 1. The van der Waals surface area contributed by atoms with Gasteiger partial charge in [-0.1, -0.05) is 43.3 Å². The lowest BCUT2D eigenvalue weighted by atomic mass is 9.91. The fourth-order valence-electron chi connectivity index (χ4n) is 2.87. The average Bonchev–Trinajstić information content (AvgIpc) is 2.83. The molecule has 2 aromatic carbocycles. The fraction of sp³-hybridized carbons (Fsp3) is 0.235. The summed E-state index contributed by atoms with van der Waals surface area (Å²) in [4.78, 5) is 0. The van der Waals surface area contributed by atoms with Crippen molar-refractivity contribution in [2.45, 2.75) is 19.8 Å². The highest BCUT2D eigenvalue weighted by molar-refractivity contribution is 5.97. The summed E-state index contributed by atoms with van der Waals surface area (Å²) in [6.45, 7) is 2.28. The summed E-state index contributed by atoms with van der Waals surface area (Å²) in [5, 5.41) is 11.5. The van der Waals surface area contributed by atoms with Gasteiger partial charge in [0.25, 0.3) is 0 Å². The summed E-state index contributed by atoms with van der Waals surface area (Å²) < 4.78 is 0. The topological polar surface area (TPSA) is 23.8 Å². The Hall–Kier alpha value is -2.07. The van der Waals surface area contributed by atoms with Crippen LogP contribution in [0, 0.1) is 17.2 Å². The minimum absolute atomic E-state index is 0.626. The van der Waals surface area contributed by atoms with Crippen LogP contribution in [0.5, 0.6) is 0 Å². The second-order valence-corrected chi connectivity index (χ2v) is 4.96. The van der Waals surface area contributed by atoms with E-state index in [9.17, 15) is 5.26 Å². The lowest BCUT2D eigenvalue weighted by Gasteiger charge is -2.13. The molecule has 0 saturated carbocycles. The molecule has 0 fully saturated rings. The van der Waals surface area contributed by atoms with E-state index >= 15 is 0 Å². The van der Waals surface area contributed by atoms with E-state index in [0.29, 0.717) is 5.92 Å². The van der Waals surface area contributed by atoms with Crippen LogP contribution < -0.4 is 0 Å². The first-order valence-corrected chi connectivity index (χ1v) is 6.43. The van der Waals surface area contributed by atoms with Crippen molar-refractivity contribution in [2.24, 2.45) is 5.92 Å². The second-order valence-electron chi connectivity index (χ2n) is 4.96. The number of fused-ring (bicyclic) bond motifs is 1. The molecule has 2 aromatic rings. The average molecular weight is 233 g/mol. The fourth-order valence-corrected chi connectivity index (χ4v) is 2.87. The highest BCUT2D eigenvalue weighted by Gasteiger charge is 2.18. The molecule has 0 bridgehead atoms. The van der Waals surface area contributed by atoms with Crippen LogP contribution in [0.2, 0.25) is 0 Å². The summed E-state index contributed by atoms with van der Waals surface area (Å²) in [6, 6.07) is 14.5. The zero-order valence-corrected chi connectivity index (χ0v) is 10.5. The molecule has 88 valence electrons. The molecule has 0 amide bonds. The van der Waals surface area contributed by atoms with E-state index in [1.54, 1.807) is 0 Å². The zero-order chi connectivity index (χ0) is 12.5. The third kappa shape index (κ3) is 1.62. The van der Waals surface area contributed by atoms with E-state index in [2.05, 4.69) is 31.2 Å². The molecule has 1 nitrogen and oxygen atoms in total. The molecule has 18 heavy (non-hydrogen) atoms. The number of hydrogen-bond acceptors (Lipinski definition) is 1. The van der Waals surface area contributed by atoms with Crippen LogP contribution in [0.15, 0.2) is 42.5 Å². The van der Waals surface area contributed by atoms with Crippen molar-refractivity contribution < 1.29 is 0 Å². The number of allylic oxidation sites excluding steroid dienone is 2.